The number of rotatable bonds is 7. The van der Waals surface area contributed by atoms with Crippen molar-refractivity contribution >= 4 is 23.4 Å². The van der Waals surface area contributed by atoms with E-state index in [9.17, 15) is 14.9 Å². The standard InChI is InChI=1S/C32H27N3O4S/c1-4-38-31(37)28-21(3)34-32-35(29(28)22-15-13-20(2)14-16-22)30(36)27(40-32)17-23-9-7-8-12-26(23)39-19-25-11-6-5-10-24(25)18-33/h5-17,29H,4,19H2,1-3H3/b27-17-/t29-/m0/s1. The van der Waals surface area contributed by atoms with E-state index in [0.717, 1.165) is 22.3 Å². The number of hydrogen-bond acceptors (Lipinski definition) is 7. The van der Waals surface area contributed by atoms with E-state index in [1.54, 1.807) is 30.6 Å². The van der Waals surface area contributed by atoms with Crippen molar-refractivity contribution in [3.63, 3.8) is 0 Å². The van der Waals surface area contributed by atoms with Crippen molar-refractivity contribution in [2.45, 2.75) is 33.4 Å². The lowest BCUT2D eigenvalue weighted by atomic mass is 9.95. The Balaban J connectivity index is 1.59. The van der Waals surface area contributed by atoms with E-state index >= 15 is 0 Å². The van der Waals surface area contributed by atoms with Gasteiger partial charge in [0.2, 0.25) is 0 Å². The molecule has 7 nitrogen and oxygen atoms in total. The maximum Gasteiger partial charge on any atom is 0.338 e. The Hall–Kier alpha value is -4.74. The summed E-state index contributed by atoms with van der Waals surface area (Å²) in [7, 11) is 0. The summed E-state index contributed by atoms with van der Waals surface area (Å²) in [6, 6.07) is 24.0. The maximum absolute atomic E-state index is 13.9. The minimum atomic E-state index is -0.660. The normalized spacial score (nSPS) is 14.8. The summed E-state index contributed by atoms with van der Waals surface area (Å²) < 4.78 is 13.5. The molecular weight excluding hydrogens is 522 g/mol. The zero-order valence-electron chi connectivity index (χ0n) is 22.4. The number of fused-ring (bicyclic) bond motifs is 1. The lowest BCUT2D eigenvalue weighted by molar-refractivity contribution is -0.139. The Labute approximate surface area is 235 Å². The zero-order chi connectivity index (χ0) is 28.2. The average Bonchev–Trinajstić information content (AvgIpc) is 3.26. The van der Waals surface area contributed by atoms with Gasteiger partial charge in [0.05, 0.1) is 40.1 Å². The fourth-order valence-corrected chi connectivity index (χ4v) is 5.68. The zero-order valence-corrected chi connectivity index (χ0v) is 23.2. The molecule has 3 aromatic carbocycles. The predicted molar refractivity (Wildman–Crippen MR) is 154 cm³/mol. The van der Waals surface area contributed by atoms with E-state index in [4.69, 9.17) is 9.47 Å². The maximum atomic E-state index is 13.9. The minimum absolute atomic E-state index is 0.214. The summed E-state index contributed by atoms with van der Waals surface area (Å²) in [5, 5.41) is 9.41. The number of aromatic nitrogens is 1. The van der Waals surface area contributed by atoms with Gasteiger partial charge in [0.1, 0.15) is 12.4 Å². The molecule has 1 aliphatic rings. The first-order valence-electron chi connectivity index (χ1n) is 12.9. The van der Waals surface area contributed by atoms with Gasteiger partial charge in [0.25, 0.3) is 5.56 Å². The van der Waals surface area contributed by atoms with E-state index in [0.29, 0.717) is 31.9 Å². The van der Waals surface area contributed by atoms with E-state index in [1.165, 1.54) is 11.3 Å². The van der Waals surface area contributed by atoms with Crippen molar-refractivity contribution in [1.82, 2.24) is 4.57 Å². The molecule has 0 bridgehead atoms. The monoisotopic (exact) mass is 549 g/mol. The van der Waals surface area contributed by atoms with Crippen LogP contribution in [0.15, 0.2) is 93.9 Å². The summed E-state index contributed by atoms with van der Waals surface area (Å²) in [6.07, 6.45) is 1.78. The van der Waals surface area contributed by atoms with Crippen LogP contribution in [0.25, 0.3) is 6.08 Å². The van der Waals surface area contributed by atoms with Gasteiger partial charge in [-0.15, -0.1) is 0 Å². The number of carbonyl (C=O) groups excluding carboxylic acids is 1. The van der Waals surface area contributed by atoms with Gasteiger partial charge in [-0.3, -0.25) is 9.36 Å². The third-order valence-electron chi connectivity index (χ3n) is 6.64. The van der Waals surface area contributed by atoms with Crippen LogP contribution in [0, 0.1) is 18.3 Å². The number of para-hydroxylation sites is 1. The Bertz CT molecular complexity index is 1840. The molecule has 1 aliphatic heterocycles. The van der Waals surface area contributed by atoms with Crippen molar-refractivity contribution < 1.29 is 14.3 Å². The first kappa shape index (κ1) is 26.9. The topological polar surface area (TPSA) is 93.7 Å². The van der Waals surface area contributed by atoms with Gasteiger partial charge in [-0.2, -0.15) is 5.26 Å². The van der Waals surface area contributed by atoms with E-state index < -0.39 is 12.0 Å². The van der Waals surface area contributed by atoms with Crippen LogP contribution in [-0.2, 0) is 16.1 Å². The SMILES string of the molecule is CCOC(=O)C1=C(C)N=c2s/c(=C\c3ccccc3OCc3ccccc3C#N)c(=O)n2[C@H]1c1ccc(C)cc1. The van der Waals surface area contributed by atoms with Gasteiger partial charge in [-0.25, -0.2) is 9.79 Å². The second-order valence-corrected chi connectivity index (χ2v) is 10.3. The molecule has 4 aromatic rings. The smallest absolute Gasteiger partial charge is 0.338 e. The van der Waals surface area contributed by atoms with Crippen LogP contribution in [0.2, 0.25) is 0 Å². The highest BCUT2D eigenvalue weighted by molar-refractivity contribution is 7.07. The molecule has 0 aliphatic carbocycles. The van der Waals surface area contributed by atoms with Gasteiger partial charge in [0.15, 0.2) is 4.80 Å². The number of hydrogen-bond donors (Lipinski definition) is 0. The summed E-state index contributed by atoms with van der Waals surface area (Å²) in [6.45, 7) is 5.94. The Morgan fingerprint density at radius 1 is 1.07 bits per heavy atom. The van der Waals surface area contributed by atoms with Gasteiger partial charge in [-0.1, -0.05) is 77.6 Å². The lowest BCUT2D eigenvalue weighted by Crippen LogP contribution is -2.39. The van der Waals surface area contributed by atoms with Crippen LogP contribution in [0.5, 0.6) is 5.75 Å². The Morgan fingerprint density at radius 3 is 2.55 bits per heavy atom. The number of ether oxygens (including phenoxy) is 2. The van der Waals surface area contributed by atoms with Gasteiger partial charge in [0, 0.05) is 11.1 Å². The first-order chi connectivity index (χ1) is 19.4. The van der Waals surface area contributed by atoms with Crippen LogP contribution in [0.3, 0.4) is 0 Å². The highest BCUT2D eigenvalue weighted by Gasteiger charge is 2.33. The first-order valence-corrected chi connectivity index (χ1v) is 13.7. The average molecular weight is 550 g/mol. The molecule has 0 saturated carbocycles. The number of aryl methyl sites for hydroxylation is 1. The summed E-state index contributed by atoms with van der Waals surface area (Å²) in [5.41, 5.74) is 4.54. The van der Waals surface area contributed by atoms with Gasteiger partial charge < -0.3 is 9.47 Å². The molecule has 0 amide bonds. The largest absolute Gasteiger partial charge is 0.488 e. The number of nitriles is 1. The van der Waals surface area contributed by atoms with Crippen LogP contribution >= 0.6 is 11.3 Å². The highest BCUT2D eigenvalue weighted by atomic mass is 32.1. The summed E-state index contributed by atoms with van der Waals surface area (Å²) in [5.74, 6) is 0.0968. The number of allylic oxidation sites excluding steroid dienone is 1. The molecule has 0 radical (unpaired) electrons. The Morgan fingerprint density at radius 2 is 1.80 bits per heavy atom. The van der Waals surface area contributed by atoms with Crippen molar-refractivity contribution in [2.75, 3.05) is 6.61 Å². The molecule has 0 unspecified atom stereocenters. The van der Waals surface area contributed by atoms with Crippen molar-refractivity contribution in [1.29, 1.82) is 5.26 Å². The minimum Gasteiger partial charge on any atom is -0.488 e. The van der Waals surface area contributed by atoms with E-state index in [1.807, 2.05) is 73.7 Å². The quantitative estimate of drug-likeness (QED) is 0.315. The van der Waals surface area contributed by atoms with E-state index in [2.05, 4.69) is 11.1 Å². The molecule has 2 heterocycles. The predicted octanol–water partition coefficient (Wildman–Crippen LogP) is 4.56. The fraction of sp³-hybridized carbons (Fsp3) is 0.188. The van der Waals surface area contributed by atoms with Gasteiger partial charge in [-0.05, 0) is 44.5 Å². The van der Waals surface area contributed by atoms with Crippen molar-refractivity contribution in [3.05, 3.63) is 132 Å². The third kappa shape index (κ3) is 5.24. The van der Waals surface area contributed by atoms with Crippen LogP contribution in [0.4, 0.5) is 0 Å². The number of nitrogens with zero attached hydrogens (tertiary/aromatic N) is 3. The fourth-order valence-electron chi connectivity index (χ4n) is 4.64. The number of carbonyl (C=O) groups is 1. The number of thiazole rings is 1. The molecule has 200 valence electrons. The van der Waals surface area contributed by atoms with Crippen LogP contribution in [-0.4, -0.2) is 17.1 Å². The molecule has 40 heavy (non-hydrogen) atoms. The molecule has 0 saturated heterocycles. The number of esters is 1. The van der Waals surface area contributed by atoms with Gasteiger partial charge >= 0.3 is 5.97 Å². The van der Waals surface area contributed by atoms with Crippen LogP contribution < -0.4 is 19.6 Å². The van der Waals surface area contributed by atoms with Crippen molar-refractivity contribution in [3.8, 4) is 11.8 Å². The lowest BCUT2D eigenvalue weighted by Gasteiger charge is -2.24. The molecule has 0 spiro atoms. The molecule has 1 atom stereocenters. The Kier molecular flexibility index (Phi) is 7.76. The van der Waals surface area contributed by atoms with E-state index in [-0.39, 0.29) is 18.8 Å². The summed E-state index contributed by atoms with van der Waals surface area (Å²) >= 11 is 1.26. The summed E-state index contributed by atoms with van der Waals surface area (Å²) in [4.78, 5) is 32.1. The molecule has 5 rings (SSSR count). The molecular formula is C32H27N3O4S. The molecule has 0 fully saturated rings. The second-order valence-electron chi connectivity index (χ2n) is 9.31. The van der Waals surface area contributed by atoms with Crippen LogP contribution in [0.1, 0.15) is 47.7 Å². The number of benzene rings is 3. The van der Waals surface area contributed by atoms with Crippen molar-refractivity contribution in [2.24, 2.45) is 4.99 Å². The highest BCUT2D eigenvalue weighted by Crippen LogP contribution is 2.31. The molecule has 0 N–H and O–H groups in total. The molecule has 8 heteroatoms. The second kappa shape index (κ2) is 11.6. The third-order valence-corrected chi connectivity index (χ3v) is 7.62. The molecule has 1 aromatic heterocycles.